The quantitative estimate of drug-likeness (QED) is 0.340. The minimum atomic E-state index is -0.983. The number of fused-ring (bicyclic) bond motifs is 1. The Morgan fingerprint density at radius 1 is 1.06 bits per heavy atom. The second-order valence-corrected chi connectivity index (χ2v) is 7.73. The molecule has 0 atom stereocenters. The van der Waals surface area contributed by atoms with Crippen LogP contribution in [-0.2, 0) is 24.3 Å². The molecular formula is C26H27N3O4. The molecule has 0 bridgehead atoms. The van der Waals surface area contributed by atoms with Gasteiger partial charge in [0.2, 0.25) is 0 Å². The van der Waals surface area contributed by atoms with Gasteiger partial charge in [-0.05, 0) is 54.4 Å². The molecule has 0 radical (unpaired) electrons. The fraction of sp³-hybridized carbons (Fsp3) is 0.231. The third kappa shape index (κ3) is 5.77. The second-order valence-electron chi connectivity index (χ2n) is 7.73. The van der Waals surface area contributed by atoms with Gasteiger partial charge in [0.15, 0.2) is 0 Å². The van der Waals surface area contributed by atoms with Crippen molar-refractivity contribution in [2.24, 2.45) is 5.73 Å². The number of rotatable bonds is 11. The summed E-state index contributed by atoms with van der Waals surface area (Å²) in [4.78, 5) is 15.3. The molecule has 0 unspecified atom stereocenters. The predicted octanol–water partition coefficient (Wildman–Crippen LogP) is 3.88. The summed E-state index contributed by atoms with van der Waals surface area (Å²) in [5, 5.41) is 10.2. The summed E-state index contributed by atoms with van der Waals surface area (Å²) in [6.07, 6.45) is 4.21. The van der Waals surface area contributed by atoms with Crippen LogP contribution in [0.25, 0.3) is 10.9 Å². The van der Waals surface area contributed by atoms with E-state index in [9.17, 15) is 4.79 Å². The van der Waals surface area contributed by atoms with Crippen LogP contribution in [0.1, 0.15) is 27.2 Å². The summed E-state index contributed by atoms with van der Waals surface area (Å²) in [6.45, 7) is 2.61. The molecule has 4 rings (SSSR count). The minimum Gasteiger partial charge on any atom is -0.491 e. The fourth-order valence-corrected chi connectivity index (χ4v) is 3.73. The van der Waals surface area contributed by atoms with E-state index in [1.54, 1.807) is 12.1 Å². The number of hydrogen-bond donors (Lipinski definition) is 2. The van der Waals surface area contributed by atoms with Gasteiger partial charge in [0.05, 0.1) is 31.0 Å². The lowest BCUT2D eigenvalue weighted by Gasteiger charge is -2.09. The zero-order valence-corrected chi connectivity index (χ0v) is 18.3. The number of carboxylic acid groups (broad SMARTS) is 1. The van der Waals surface area contributed by atoms with Gasteiger partial charge >= 0.3 is 5.97 Å². The van der Waals surface area contributed by atoms with Crippen LogP contribution in [0.2, 0.25) is 0 Å². The maximum absolute atomic E-state index is 11.1. The summed E-state index contributed by atoms with van der Waals surface area (Å²) in [6, 6.07) is 19.4. The van der Waals surface area contributed by atoms with Crippen molar-refractivity contribution in [2.75, 3.05) is 19.8 Å². The Kier molecular flexibility index (Phi) is 7.34. The largest absolute Gasteiger partial charge is 0.491 e. The van der Waals surface area contributed by atoms with Gasteiger partial charge in [0.1, 0.15) is 12.4 Å². The van der Waals surface area contributed by atoms with E-state index in [0.717, 1.165) is 39.9 Å². The number of aromatic carboxylic acids is 1. The van der Waals surface area contributed by atoms with E-state index >= 15 is 0 Å². The van der Waals surface area contributed by atoms with Gasteiger partial charge in [-0.1, -0.05) is 30.3 Å². The molecule has 4 aromatic rings. The van der Waals surface area contributed by atoms with E-state index in [4.69, 9.17) is 20.3 Å². The molecule has 3 N–H and O–H groups in total. The van der Waals surface area contributed by atoms with Crippen LogP contribution >= 0.6 is 0 Å². The lowest BCUT2D eigenvalue weighted by molar-refractivity contribution is 0.0696. The summed E-state index contributed by atoms with van der Waals surface area (Å²) in [7, 11) is 0. The zero-order chi connectivity index (χ0) is 23.0. The normalized spacial score (nSPS) is 11.1. The first-order valence-corrected chi connectivity index (χ1v) is 10.9. The molecule has 170 valence electrons. The Morgan fingerprint density at radius 3 is 2.64 bits per heavy atom. The number of benzene rings is 2. The van der Waals surface area contributed by atoms with Crippen LogP contribution in [0, 0.1) is 0 Å². The van der Waals surface area contributed by atoms with E-state index in [1.165, 1.54) is 6.20 Å². The molecule has 0 aliphatic carbocycles. The van der Waals surface area contributed by atoms with E-state index in [1.807, 2.05) is 48.5 Å². The lowest BCUT2D eigenvalue weighted by Crippen LogP contribution is -2.06. The third-order valence-corrected chi connectivity index (χ3v) is 5.36. The van der Waals surface area contributed by atoms with Crippen LogP contribution < -0.4 is 10.5 Å². The number of nitrogens with zero attached hydrogens (tertiary/aromatic N) is 2. The topological polar surface area (TPSA) is 99.6 Å². The molecule has 0 saturated heterocycles. The molecule has 7 heteroatoms. The second kappa shape index (κ2) is 10.8. The first-order valence-electron chi connectivity index (χ1n) is 10.9. The minimum absolute atomic E-state index is 0.175. The van der Waals surface area contributed by atoms with Gasteiger partial charge in [0.25, 0.3) is 0 Å². The van der Waals surface area contributed by atoms with Crippen LogP contribution in [0.15, 0.2) is 73.1 Å². The van der Waals surface area contributed by atoms with Gasteiger partial charge in [-0.25, -0.2) is 4.79 Å². The van der Waals surface area contributed by atoms with Gasteiger partial charge in [-0.2, -0.15) is 0 Å². The Morgan fingerprint density at radius 2 is 1.91 bits per heavy atom. The monoisotopic (exact) mass is 445 g/mol. The average Bonchev–Trinajstić information content (AvgIpc) is 3.16. The van der Waals surface area contributed by atoms with Crippen molar-refractivity contribution >= 4 is 16.9 Å². The molecule has 0 aliphatic heterocycles. The molecule has 7 nitrogen and oxygen atoms in total. The van der Waals surface area contributed by atoms with Crippen molar-refractivity contribution in [3.63, 3.8) is 0 Å². The van der Waals surface area contributed by atoms with Crippen molar-refractivity contribution in [3.05, 3.63) is 95.4 Å². The van der Waals surface area contributed by atoms with Crippen LogP contribution in [0.4, 0.5) is 0 Å². The molecule has 33 heavy (non-hydrogen) atoms. The van der Waals surface area contributed by atoms with E-state index in [0.29, 0.717) is 32.9 Å². The third-order valence-electron chi connectivity index (χ3n) is 5.36. The highest BCUT2D eigenvalue weighted by Gasteiger charge is 2.11. The molecule has 2 heterocycles. The maximum Gasteiger partial charge on any atom is 0.337 e. The molecule has 0 fully saturated rings. The van der Waals surface area contributed by atoms with Crippen molar-refractivity contribution < 1.29 is 19.4 Å². The number of nitrogens with two attached hydrogens (primary N) is 1. The summed E-state index contributed by atoms with van der Waals surface area (Å²) < 4.78 is 13.7. The Labute approximate surface area is 192 Å². The van der Waals surface area contributed by atoms with Gasteiger partial charge in [-0.3, -0.25) is 4.98 Å². The van der Waals surface area contributed by atoms with Crippen LogP contribution in [0.5, 0.6) is 5.75 Å². The molecule has 0 aliphatic rings. The highest BCUT2D eigenvalue weighted by atomic mass is 16.5. The van der Waals surface area contributed by atoms with E-state index in [-0.39, 0.29) is 5.56 Å². The Balaban J connectivity index is 1.42. The first kappa shape index (κ1) is 22.5. The van der Waals surface area contributed by atoms with Crippen molar-refractivity contribution in [2.45, 2.75) is 19.6 Å². The number of carbonyl (C=O) groups is 1. The van der Waals surface area contributed by atoms with Crippen LogP contribution in [0.3, 0.4) is 0 Å². The average molecular weight is 446 g/mol. The number of aromatic nitrogens is 2. The smallest absolute Gasteiger partial charge is 0.337 e. The van der Waals surface area contributed by atoms with Gasteiger partial charge in [0, 0.05) is 23.3 Å². The van der Waals surface area contributed by atoms with Crippen molar-refractivity contribution in [3.8, 4) is 5.75 Å². The first-order chi connectivity index (χ1) is 16.1. The number of pyridine rings is 1. The molecule has 0 amide bonds. The summed E-state index contributed by atoms with van der Waals surface area (Å²) in [5.41, 5.74) is 10.1. The van der Waals surface area contributed by atoms with Gasteiger partial charge in [-0.15, -0.1) is 0 Å². The van der Waals surface area contributed by atoms with Crippen LogP contribution in [-0.4, -0.2) is 40.4 Å². The molecule has 2 aromatic carbocycles. The molecule has 2 aromatic heterocycles. The number of ether oxygens (including phenoxy) is 2. The molecular weight excluding hydrogens is 418 g/mol. The Hall–Kier alpha value is -3.68. The summed E-state index contributed by atoms with van der Waals surface area (Å²) in [5.74, 6) is -0.200. The van der Waals surface area contributed by atoms with E-state index < -0.39 is 5.97 Å². The number of carboxylic acids is 1. The highest BCUT2D eigenvalue weighted by Crippen LogP contribution is 2.27. The highest BCUT2D eigenvalue weighted by molar-refractivity contribution is 5.87. The SMILES string of the molecule is NCCc1cn(Cc2ccc(C(=O)O)cn2)c2ccc(OCCOCc3ccccc3)cc12. The van der Waals surface area contributed by atoms with Crippen molar-refractivity contribution in [1.82, 2.24) is 9.55 Å². The summed E-state index contributed by atoms with van der Waals surface area (Å²) >= 11 is 0. The Bertz CT molecular complexity index is 1200. The lowest BCUT2D eigenvalue weighted by atomic mass is 10.1. The fourth-order valence-electron chi connectivity index (χ4n) is 3.73. The van der Waals surface area contributed by atoms with Gasteiger partial charge < -0.3 is 24.9 Å². The van der Waals surface area contributed by atoms with Crippen molar-refractivity contribution in [1.29, 1.82) is 0 Å². The molecule has 0 saturated carbocycles. The predicted molar refractivity (Wildman–Crippen MR) is 127 cm³/mol. The van der Waals surface area contributed by atoms with E-state index in [2.05, 4.69) is 15.7 Å². The maximum atomic E-state index is 11.1. The zero-order valence-electron chi connectivity index (χ0n) is 18.3. The molecule has 0 spiro atoms. The standard InChI is InChI=1S/C26H27N3O4/c27-11-10-21-16-29(17-22-7-6-20(15-28-22)26(30)31)25-9-8-23(14-24(21)25)33-13-12-32-18-19-4-2-1-3-5-19/h1-9,14-16H,10-13,17-18,27H2,(H,30,31). The number of hydrogen-bond acceptors (Lipinski definition) is 5.